The normalized spacial score (nSPS) is 15.2. The van der Waals surface area contributed by atoms with Crippen molar-refractivity contribution < 1.29 is 19.7 Å². The topological polar surface area (TPSA) is 95.8 Å². The standard InChI is InChI=1S/C18H21N3O4/c22-11-13-1-3-15(4-2-13)16-9-19-17(20-10-16)25-12-14-5-7-21(8-6-14)18(23)24/h1-4,9-10,14,22H,5-8,11-12H2,(H,23,24). The third-order valence-corrected chi connectivity index (χ3v) is 4.43. The zero-order valence-corrected chi connectivity index (χ0v) is 13.8. The molecule has 2 N–H and O–H groups in total. The van der Waals surface area contributed by atoms with Crippen molar-refractivity contribution in [2.24, 2.45) is 5.92 Å². The van der Waals surface area contributed by atoms with Gasteiger partial charge >= 0.3 is 12.1 Å². The van der Waals surface area contributed by atoms with Gasteiger partial charge in [0.25, 0.3) is 0 Å². The Labute approximate surface area is 145 Å². The van der Waals surface area contributed by atoms with Gasteiger partial charge in [0.15, 0.2) is 0 Å². The van der Waals surface area contributed by atoms with E-state index in [2.05, 4.69) is 9.97 Å². The van der Waals surface area contributed by atoms with E-state index >= 15 is 0 Å². The molecule has 1 amide bonds. The van der Waals surface area contributed by atoms with Gasteiger partial charge in [-0.3, -0.25) is 0 Å². The Hall–Kier alpha value is -2.67. The number of hydrogen-bond acceptors (Lipinski definition) is 5. The zero-order chi connectivity index (χ0) is 17.6. The number of aromatic nitrogens is 2. The molecule has 132 valence electrons. The lowest BCUT2D eigenvalue weighted by molar-refractivity contribution is 0.110. The van der Waals surface area contributed by atoms with Gasteiger partial charge in [-0.25, -0.2) is 14.8 Å². The van der Waals surface area contributed by atoms with E-state index in [-0.39, 0.29) is 6.61 Å². The van der Waals surface area contributed by atoms with Crippen molar-refractivity contribution in [3.63, 3.8) is 0 Å². The van der Waals surface area contributed by atoms with Crippen molar-refractivity contribution in [2.45, 2.75) is 19.4 Å². The number of aliphatic hydroxyl groups excluding tert-OH is 1. The number of amides is 1. The molecule has 7 nitrogen and oxygen atoms in total. The second-order valence-corrected chi connectivity index (χ2v) is 6.13. The highest BCUT2D eigenvalue weighted by Crippen LogP contribution is 2.21. The van der Waals surface area contributed by atoms with E-state index < -0.39 is 6.09 Å². The van der Waals surface area contributed by atoms with Gasteiger partial charge < -0.3 is 19.8 Å². The van der Waals surface area contributed by atoms with E-state index in [4.69, 9.17) is 14.9 Å². The summed E-state index contributed by atoms with van der Waals surface area (Å²) in [6.45, 7) is 1.62. The maximum Gasteiger partial charge on any atom is 0.407 e. The minimum Gasteiger partial charge on any atom is -0.465 e. The number of likely N-dealkylation sites (tertiary alicyclic amines) is 1. The summed E-state index contributed by atoms with van der Waals surface area (Å²) in [6.07, 6.45) is 4.15. The second kappa shape index (κ2) is 7.94. The zero-order valence-electron chi connectivity index (χ0n) is 13.8. The smallest absolute Gasteiger partial charge is 0.407 e. The van der Waals surface area contributed by atoms with Gasteiger partial charge in [0, 0.05) is 31.0 Å². The average Bonchev–Trinajstić information content (AvgIpc) is 2.67. The highest BCUT2D eigenvalue weighted by atomic mass is 16.5. The fourth-order valence-corrected chi connectivity index (χ4v) is 2.83. The molecule has 0 aliphatic carbocycles. The molecule has 3 rings (SSSR count). The Morgan fingerprint density at radius 2 is 1.76 bits per heavy atom. The number of benzene rings is 1. The quantitative estimate of drug-likeness (QED) is 0.865. The van der Waals surface area contributed by atoms with Crippen LogP contribution in [0.4, 0.5) is 4.79 Å². The molecule has 0 spiro atoms. The van der Waals surface area contributed by atoms with Crippen LogP contribution in [0, 0.1) is 5.92 Å². The van der Waals surface area contributed by atoms with E-state index in [1.165, 1.54) is 4.90 Å². The van der Waals surface area contributed by atoms with Crippen molar-refractivity contribution in [2.75, 3.05) is 19.7 Å². The van der Waals surface area contributed by atoms with Crippen LogP contribution in [0.15, 0.2) is 36.7 Å². The van der Waals surface area contributed by atoms with E-state index in [0.717, 1.165) is 29.5 Å². The number of carbonyl (C=O) groups is 1. The summed E-state index contributed by atoms with van der Waals surface area (Å²) in [6, 6.07) is 7.89. The number of rotatable bonds is 5. The van der Waals surface area contributed by atoms with Gasteiger partial charge in [-0.15, -0.1) is 0 Å². The Morgan fingerprint density at radius 1 is 1.12 bits per heavy atom. The molecular weight excluding hydrogens is 322 g/mol. The largest absolute Gasteiger partial charge is 0.465 e. The summed E-state index contributed by atoms with van der Waals surface area (Å²) < 4.78 is 5.65. The van der Waals surface area contributed by atoms with Crippen LogP contribution in [0.2, 0.25) is 0 Å². The third kappa shape index (κ3) is 4.45. The van der Waals surface area contributed by atoms with Crippen molar-refractivity contribution in [1.29, 1.82) is 0 Å². The summed E-state index contributed by atoms with van der Waals surface area (Å²) in [5.41, 5.74) is 2.72. The Balaban J connectivity index is 1.52. The molecule has 1 saturated heterocycles. The minimum atomic E-state index is -0.856. The van der Waals surface area contributed by atoms with Crippen LogP contribution in [0.3, 0.4) is 0 Å². The number of aliphatic hydroxyl groups is 1. The van der Waals surface area contributed by atoms with Gasteiger partial charge in [0.1, 0.15) is 0 Å². The fourth-order valence-electron chi connectivity index (χ4n) is 2.83. The van der Waals surface area contributed by atoms with E-state index in [9.17, 15) is 4.79 Å². The maximum atomic E-state index is 10.9. The SMILES string of the molecule is O=C(O)N1CCC(COc2ncc(-c3ccc(CO)cc3)cn2)CC1. The number of piperidine rings is 1. The lowest BCUT2D eigenvalue weighted by atomic mass is 9.98. The first-order chi connectivity index (χ1) is 12.2. The summed E-state index contributed by atoms with van der Waals surface area (Å²) in [5, 5.41) is 18.0. The first-order valence-electron chi connectivity index (χ1n) is 8.28. The van der Waals surface area contributed by atoms with Crippen LogP contribution in [-0.4, -0.2) is 50.9 Å². The third-order valence-electron chi connectivity index (χ3n) is 4.43. The molecule has 1 fully saturated rings. The molecule has 2 heterocycles. The van der Waals surface area contributed by atoms with Crippen LogP contribution in [-0.2, 0) is 6.61 Å². The van der Waals surface area contributed by atoms with Crippen LogP contribution >= 0.6 is 0 Å². The molecule has 2 aromatic rings. The molecular formula is C18H21N3O4. The highest BCUT2D eigenvalue weighted by Gasteiger charge is 2.22. The molecule has 0 saturated carbocycles. The van der Waals surface area contributed by atoms with Gasteiger partial charge in [-0.1, -0.05) is 24.3 Å². The Kier molecular flexibility index (Phi) is 5.45. The number of carboxylic acid groups (broad SMARTS) is 1. The summed E-state index contributed by atoms with van der Waals surface area (Å²) in [7, 11) is 0. The van der Waals surface area contributed by atoms with Crippen LogP contribution < -0.4 is 4.74 Å². The monoisotopic (exact) mass is 343 g/mol. The highest BCUT2D eigenvalue weighted by molar-refractivity contribution is 5.65. The summed E-state index contributed by atoms with van der Waals surface area (Å²) >= 11 is 0. The summed E-state index contributed by atoms with van der Waals surface area (Å²) in [5.74, 6) is 0.324. The number of ether oxygens (including phenoxy) is 1. The molecule has 0 atom stereocenters. The lowest BCUT2D eigenvalue weighted by Gasteiger charge is -2.29. The van der Waals surface area contributed by atoms with E-state index in [0.29, 0.717) is 31.6 Å². The van der Waals surface area contributed by atoms with Crippen molar-refractivity contribution in [3.05, 3.63) is 42.2 Å². The van der Waals surface area contributed by atoms with Gasteiger partial charge in [0.2, 0.25) is 0 Å². The van der Waals surface area contributed by atoms with Crippen molar-refractivity contribution in [1.82, 2.24) is 14.9 Å². The molecule has 1 aliphatic heterocycles. The van der Waals surface area contributed by atoms with E-state index in [1.54, 1.807) is 12.4 Å². The van der Waals surface area contributed by atoms with Crippen LogP contribution in [0.5, 0.6) is 6.01 Å². The molecule has 1 aliphatic rings. The predicted molar refractivity (Wildman–Crippen MR) is 91.2 cm³/mol. The molecule has 1 aromatic carbocycles. The number of hydrogen-bond donors (Lipinski definition) is 2. The van der Waals surface area contributed by atoms with Crippen LogP contribution in [0.25, 0.3) is 11.1 Å². The first-order valence-corrected chi connectivity index (χ1v) is 8.28. The Morgan fingerprint density at radius 3 is 2.32 bits per heavy atom. The maximum absolute atomic E-state index is 10.9. The average molecular weight is 343 g/mol. The van der Waals surface area contributed by atoms with E-state index in [1.807, 2.05) is 24.3 Å². The van der Waals surface area contributed by atoms with Crippen molar-refractivity contribution in [3.8, 4) is 17.1 Å². The van der Waals surface area contributed by atoms with Crippen molar-refractivity contribution >= 4 is 6.09 Å². The fraction of sp³-hybridized carbons (Fsp3) is 0.389. The number of nitrogens with zero attached hydrogens (tertiary/aromatic N) is 3. The lowest BCUT2D eigenvalue weighted by Crippen LogP contribution is -2.38. The molecule has 1 aromatic heterocycles. The molecule has 7 heteroatoms. The second-order valence-electron chi connectivity index (χ2n) is 6.13. The van der Waals surface area contributed by atoms with Gasteiger partial charge in [-0.05, 0) is 29.9 Å². The van der Waals surface area contributed by atoms with Gasteiger partial charge in [0.05, 0.1) is 13.2 Å². The Bertz CT molecular complexity index is 695. The molecule has 0 radical (unpaired) electrons. The minimum absolute atomic E-state index is 0.0228. The first kappa shape index (κ1) is 17.2. The predicted octanol–water partition coefficient (Wildman–Crippen LogP) is 2.40. The van der Waals surface area contributed by atoms with Crippen LogP contribution in [0.1, 0.15) is 18.4 Å². The summed E-state index contributed by atoms with van der Waals surface area (Å²) in [4.78, 5) is 20.8. The molecule has 0 unspecified atom stereocenters. The molecule has 0 bridgehead atoms. The molecule has 25 heavy (non-hydrogen) atoms. The van der Waals surface area contributed by atoms with Gasteiger partial charge in [-0.2, -0.15) is 0 Å².